The van der Waals surface area contributed by atoms with Gasteiger partial charge in [0, 0.05) is 0 Å². The van der Waals surface area contributed by atoms with Gasteiger partial charge >= 0.3 is 5.97 Å². The van der Waals surface area contributed by atoms with E-state index in [-0.39, 0.29) is 18.0 Å². The fourth-order valence-corrected chi connectivity index (χ4v) is 2.45. The van der Waals surface area contributed by atoms with Crippen molar-refractivity contribution in [2.24, 2.45) is 11.8 Å². The number of carbonyl (C=O) groups is 1. The Morgan fingerprint density at radius 2 is 2.00 bits per heavy atom. The molecule has 2 nitrogen and oxygen atoms in total. The smallest absolute Gasteiger partial charge is 0.309 e. The number of rotatable bonds is 5. The van der Waals surface area contributed by atoms with Crippen molar-refractivity contribution < 1.29 is 9.53 Å². The van der Waals surface area contributed by atoms with E-state index in [0.717, 1.165) is 12.8 Å². The summed E-state index contributed by atoms with van der Waals surface area (Å²) in [6.45, 7) is 6.27. The first kappa shape index (κ1) is 13.1. The lowest BCUT2D eigenvalue weighted by Crippen LogP contribution is -2.24. The highest BCUT2D eigenvalue weighted by Gasteiger charge is 2.45. The average Bonchev–Trinajstić information content (AvgIpc) is 3.16. The minimum Gasteiger partial charge on any atom is -0.462 e. The molecule has 0 aliphatic heterocycles. The first-order valence-corrected chi connectivity index (χ1v) is 6.89. The first-order chi connectivity index (χ1) is 8.63. The van der Waals surface area contributed by atoms with Gasteiger partial charge in [-0.25, -0.2) is 0 Å². The molecule has 0 N–H and O–H groups in total. The second-order valence-electron chi connectivity index (χ2n) is 5.49. The highest BCUT2D eigenvalue weighted by molar-refractivity contribution is 5.77. The van der Waals surface area contributed by atoms with E-state index in [1.165, 1.54) is 5.56 Å². The van der Waals surface area contributed by atoms with Crippen molar-refractivity contribution >= 4 is 5.97 Å². The van der Waals surface area contributed by atoms with Gasteiger partial charge in [0.05, 0.1) is 5.92 Å². The molecular formula is C16H22O2. The van der Waals surface area contributed by atoms with Crippen LogP contribution in [0.5, 0.6) is 0 Å². The van der Waals surface area contributed by atoms with E-state index in [9.17, 15) is 4.79 Å². The van der Waals surface area contributed by atoms with Crippen molar-refractivity contribution in [1.29, 1.82) is 0 Å². The van der Waals surface area contributed by atoms with Crippen LogP contribution >= 0.6 is 0 Å². The average molecular weight is 246 g/mol. The summed E-state index contributed by atoms with van der Waals surface area (Å²) in [4.78, 5) is 12.0. The van der Waals surface area contributed by atoms with Crippen LogP contribution in [0.1, 0.15) is 45.1 Å². The molecule has 1 aliphatic rings. The van der Waals surface area contributed by atoms with Gasteiger partial charge in [0.15, 0.2) is 0 Å². The Balaban J connectivity index is 1.90. The lowest BCUT2D eigenvalue weighted by molar-refractivity contribution is -0.153. The predicted molar refractivity (Wildman–Crippen MR) is 72.3 cm³/mol. The number of ether oxygens (including phenoxy) is 1. The molecule has 98 valence electrons. The summed E-state index contributed by atoms with van der Waals surface area (Å²) in [5, 5.41) is 0. The van der Waals surface area contributed by atoms with E-state index in [0.29, 0.717) is 11.8 Å². The maximum absolute atomic E-state index is 12.0. The SMILES string of the molecule is CCC(OC(=O)C1CC1c1ccccc1)C(C)C. The van der Waals surface area contributed by atoms with Crippen LogP contribution in [0.15, 0.2) is 30.3 Å². The molecule has 0 amide bonds. The monoisotopic (exact) mass is 246 g/mol. The van der Waals surface area contributed by atoms with Crippen LogP contribution in [-0.4, -0.2) is 12.1 Å². The maximum Gasteiger partial charge on any atom is 0.309 e. The summed E-state index contributed by atoms with van der Waals surface area (Å²) in [6, 6.07) is 10.2. The molecule has 0 spiro atoms. The third-order valence-corrected chi connectivity index (χ3v) is 3.73. The molecule has 0 bridgehead atoms. The normalized spacial score (nSPS) is 23.8. The standard InChI is InChI=1S/C16H22O2/c1-4-15(11(2)3)18-16(17)14-10-13(14)12-8-6-5-7-9-12/h5-9,11,13-15H,4,10H2,1-3H3. The fraction of sp³-hybridized carbons (Fsp3) is 0.562. The molecule has 1 aromatic carbocycles. The van der Waals surface area contributed by atoms with Crippen LogP contribution in [0, 0.1) is 11.8 Å². The largest absolute Gasteiger partial charge is 0.462 e. The van der Waals surface area contributed by atoms with Crippen molar-refractivity contribution in [3.8, 4) is 0 Å². The van der Waals surface area contributed by atoms with Crippen LogP contribution < -0.4 is 0 Å². The minimum atomic E-state index is -0.00981. The molecule has 2 rings (SSSR count). The second-order valence-corrected chi connectivity index (χ2v) is 5.49. The zero-order chi connectivity index (χ0) is 13.1. The summed E-state index contributed by atoms with van der Waals surface area (Å²) in [5.74, 6) is 0.848. The Morgan fingerprint density at radius 1 is 1.33 bits per heavy atom. The lowest BCUT2D eigenvalue weighted by Gasteiger charge is -2.19. The molecule has 1 saturated carbocycles. The van der Waals surface area contributed by atoms with Crippen LogP contribution in [0.25, 0.3) is 0 Å². The molecule has 1 aliphatic carbocycles. The summed E-state index contributed by atoms with van der Waals surface area (Å²) in [6.07, 6.45) is 1.90. The van der Waals surface area contributed by atoms with Gasteiger partial charge in [-0.15, -0.1) is 0 Å². The summed E-state index contributed by atoms with van der Waals surface area (Å²) < 4.78 is 5.60. The predicted octanol–water partition coefficient (Wildman–Crippen LogP) is 3.77. The zero-order valence-electron chi connectivity index (χ0n) is 11.4. The maximum atomic E-state index is 12.0. The Labute approximate surface area is 109 Å². The van der Waals surface area contributed by atoms with Crippen LogP contribution in [0.2, 0.25) is 0 Å². The zero-order valence-corrected chi connectivity index (χ0v) is 11.4. The highest BCUT2D eigenvalue weighted by Crippen LogP contribution is 2.48. The lowest BCUT2D eigenvalue weighted by atomic mass is 10.1. The number of benzene rings is 1. The van der Waals surface area contributed by atoms with Crippen LogP contribution in [-0.2, 0) is 9.53 Å². The second kappa shape index (κ2) is 5.55. The molecule has 1 fully saturated rings. The number of hydrogen-bond donors (Lipinski definition) is 0. The van der Waals surface area contributed by atoms with Crippen molar-refractivity contribution in [2.75, 3.05) is 0 Å². The molecule has 3 atom stereocenters. The van der Waals surface area contributed by atoms with Crippen LogP contribution in [0.4, 0.5) is 0 Å². The number of hydrogen-bond acceptors (Lipinski definition) is 2. The van der Waals surface area contributed by atoms with E-state index in [4.69, 9.17) is 4.74 Å². The highest BCUT2D eigenvalue weighted by atomic mass is 16.5. The van der Waals surface area contributed by atoms with E-state index in [2.05, 4.69) is 32.9 Å². The van der Waals surface area contributed by atoms with E-state index >= 15 is 0 Å². The van der Waals surface area contributed by atoms with Gasteiger partial charge in [-0.1, -0.05) is 51.1 Å². The number of carbonyl (C=O) groups excluding carboxylic acids is 1. The molecule has 0 aromatic heterocycles. The molecule has 0 heterocycles. The van der Waals surface area contributed by atoms with Gasteiger partial charge in [0.25, 0.3) is 0 Å². The van der Waals surface area contributed by atoms with Crippen molar-refractivity contribution in [3.63, 3.8) is 0 Å². The van der Waals surface area contributed by atoms with Gasteiger partial charge in [-0.2, -0.15) is 0 Å². The van der Waals surface area contributed by atoms with Crippen molar-refractivity contribution in [3.05, 3.63) is 35.9 Å². The molecule has 2 heteroatoms. The number of esters is 1. The topological polar surface area (TPSA) is 26.3 Å². The Hall–Kier alpha value is -1.31. The molecule has 3 unspecified atom stereocenters. The Kier molecular flexibility index (Phi) is 4.05. The van der Waals surface area contributed by atoms with Crippen molar-refractivity contribution in [2.45, 2.75) is 45.6 Å². The van der Waals surface area contributed by atoms with Crippen molar-refractivity contribution in [1.82, 2.24) is 0 Å². The minimum absolute atomic E-state index is 0.00981. The molecular weight excluding hydrogens is 224 g/mol. The third-order valence-electron chi connectivity index (χ3n) is 3.73. The van der Waals surface area contributed by atoms with E-state index < -0.39 is 0 Å². The summed E-state index contributed by atoms with van der Waals surface area (Å²) in [5.41, 5.74) is 1.26. The quantitative estimate of drug-likeness (QED) is 0.739. The Bertz CT molecular complexity index is 397. The summed E-state index contributed by atoms with van der Waals surface area (Å²) >= 11 is 0. The molecule has 1 aromatic rings. The van der Waals surface area contributed by atoms with E-state index in [1.807, 2.05) is 18.2 Å². The Morgan fingerprint density at radius 3 is 2.56 bits per heavy atom. The van der Waals surface area contributed by atoms with Gasteiger partial charge < -0.3 is 4.74 Å². The van der Waals surface area contributed by atoms with Gasteiger partial charge in [-0.3, -0.25) is 4.79 Å². The summed E-state index contributed by atoms with van der Waals surface area (Å²) in [7, 11) is 0. The van der Waals surface area contributed by atoms with Gasteiger partial charge in [0.1, 0.15) is 6.10 Å². The molecule has 18 heavy (non-hydrogen) atoms. The third kappa shape index (κ3) is 2.92. The van der Waals surface area contributed by atoms with E-state index in [1.54, 1.807) is 0 Å². The van der Waals surface area contributed by atoms with Crippen LogP contribution in [0.3, 0.4) is 0 Å². The molecule has 0 saturated heterocycles. The van der Waals surface area contributed by atoms with Gasteiger partial charge in [0.2, 0.25) is 0 Å². The fourth-order valence-electron chi connectivity index (χ4n) is 2.45. The first-order valence-electron chi connectivity index (χ1n) is 6.89. The molecule has 0 radical (unpaired) electrons. The van der Waals surface area contributed by atoms with Gasteiger partial charge in [-0.05, 0) is 30.2 Å².